The molecular weight excluding hydrogens is 234 g/mol. The Morgan fingerprint density at radius 2 is 2.00 bits per heavy atom. The van der Waals surface area contributed by atoms with E-state index >= 15 is 0 Å². The van der Waals surface area contributed by atoms with Crippen LogP contribution in [0, 0.1) is 6.92 Å². The smallest absolute Gasteiger partial charge is 0.137 e. The van der Waals surface area contributed by atoms with Crippen molar-refractivity contribution in [2.45, 2.75) is 26.2 Å². The Bertz CT molecular complexity index is 361. The van der Waals surface area contributed by atoms with Gasteiger partial charge in [-0.3, -0.25) is 0 Å². The first-order valence-corrected chi connectivity index (χ1v) is 6.86. The van der Waals surface area contributed by atoms with Crippen LogP contribution in [0.5, 0.6) is 5.75 Å². The highest BCUT2D eigenvalue weighted by Gasteiger charge is 2.13. The Kier molecular flexibility index (Phi) is 4.69. The molecular formula is C14H21ClNO+. The third-order valence-corrected chi connectivity index (χ3v) is 3.65. The van der Waals surface area contributed by atoms with Crippen LogP contribution in [0.15, 0.2) is 18.2 Å². The van der Waals surface area contributed by atoms with Crippen LogP contribution >= 0.6 is 11.6 Å². The molecule has 1 aliphatic rings. The molecule has 94 valence electrons. The van der Waals surface area contributed by atoms with Gasteiger partial charge in [-0.1, -0.05) is 11.6 Å². The lowest BCUT2D eigenvalue weighted by atomic mass is 10.1. The Labute approximate surface area is 109 Å². The summed E-state index contributed by atoms with van der Waals surface area (Å²) in [5, 5.41) is 0.775. The molecule has 0 amide bonds. The monoisotopic (exact) mass is 254 g/mol. The van der Waals surface area contributed by atoms with E-state index in [1.165, 1.54) is 32.4 Å². The summed E-state index contributed by atoms with van der Waals surface area (Å²) in [6.45, 7) is 6.57. The predicted octanol–water partition coefficient (Wildman–Crippen LogP) is 2.10. The molecule has 17 heavy (non-hydrogen) atoms. The van der Waals surface area contributed by atoms with Crippen molar-refractivity contribution in [1.29, 1.82) is 0 Å². The van der Waals surface area contributed by atoms with E-state index in [1.54, 1.807) is 4.90 Å². The van der Waals surface area contributed by atoms with E-state index in [0.29, 0.717) is 0 Å². The van der Waals surface area contributed by atoms with Crippen LogP contribution in [-0.4, -0.2) is 26.2 Å². The van der Waals surface area contributed by atoms with Gasteiger partial charge in [-0.15, -0.1) is 0 Å². The molecule has 1 saturated heterocycles. The van der Waals surface area contributed by atoms with Gasteiger partial charge in [-0.05, 0) is 49.9 Å². The Morgan fingerprint density at radius 3 is 2.71 bits per heavy atom. The van der Waals surface area contributed by atoms with E-state index in [-0.39, 0.29) is 0 Å². The molecule has 0 bridgehead atoms. The number of hydrogen-bond donors (Lipinski definition) is 1. The second-order valence-electron chi connectivity index (χ2n) is 4.82. The molecule has 0 spiro atoms. The van der Waals surface area contributed by atoms with Crippen LogP contribution in [0.4, 0.5) is 0 Å². The van der Waals surface area contributed by atoms with E-state index in [1.807, 2.05) is 25.1 Å². The molecule has 2 rings (SSSR count). The zero-order valence-electron chi connectivity index (χ0n) is 10.5. The maximum absolute atomic E-state index is 5.91. The molecule has 2 nitrogen and oxygen atoms in total. The van der Waals surface area contributed by atoms with E-state index in [0.717, 1.165) is 29.5 Å². The van der Waals surface area contributed by atoms with Gasteiger partial charge < -0.3 is 9.64 Å². The minimum Gasteiger partial charge on any atom is -0.487 e. The number of likely N-dealkylation sites (tertiary alicyclic amines) is 1. The summed E-state index contributed by atoms with van der Waals surface area (Å²) >= 11 is 5.91. The Morgan fingerprint density at radius 1 is 1.24 bits per heavy atom. The van der Waals surface area contributed by atoms with Crippen molar-refractivity contribution in [3.63, 3.8) is 0 Å². The summed E-state index contributed by atoms with van der Waals surface area (Å²) in [4.78, 5) is 1.68. The van der Waals surface area contributed by atoms with Crippen molar-refractivity contribution in [2.75, 3.05) is 26.2 Å². The minimum atomic E-state index is 0.775. The molecule has 1 aromatic rings. The van der Waals surface area contributed by atoms with Crippen molar-refractivity contribution in [2.24, 2.45) is 0 Å². The van der Waals surface area contributed by atoms with Gasteiger partial charge in [-0.25, -0.2) is 0 Å². The number of rotatable bonds is 4. The van der Waals surface area contributed by atoms with E-state index in [4.69, 9.17) is 16.3 Å². The average Bonchev–Trinajstić information content (AvgIpc) is 2.33. The molecule has 1 fully saturated rings. The topological polar surface area (TPSA) is 13.7 Å². The zero-order chi connectivity index (χ0) is 12.1. The summed E-state index contributed by atoms with van der Waals surface area (Å²) in [5.74, 6) is 0.964. The molecule has 0 aromatic heterocycles. The molecule has 1 aliphatic heterocycles. The number of nitrogens with one attached hydrogen (secondary N) is 1. The largest absolute Gasteiger partial charge is 0.487 e. The van der Waals surface area contributed by atoms with Gasteiger partial charge in [0.05, 0.1) is 13.1 Å². The van der Waals surface area contributed by atoms with Gasteiger partial charge >= 0.3 is 0 Å². The molecule has 0 aliphatic carbocycles. The first-order chi connectivity index (χ1) is 8.25. The lowest BCUT2D eigenvalue weighted by Crippen LogP contribution is -3.13. The van der Waals surface area contributed by atoms with Gasteiger partial charge in [-0.2, -0.15) is 0 Å². The van der Waals surface area contributed by atoms with Gasteiger partial charge in [0.15, 0.2) is 0 Å². The fraction of sp³-hybridized carbons (Fsp3) is 0.571. The molecule has 3 heteroatoms. The second kappa shape index (κ2) is 6.27. The quantitative estimate of drug-likeness (QED) is 0.869. The third kappa shape index (κ3) is 3.90. The fourth-order valence-corrected chi connectivity index (χ4v) is 2.61. The van der Waals surface area contributed by atoms with Crippen LogP contribution in [0.25, 0.3) is 0 Å². The van der Waals surface area contributed by atoms with Crippen LogP contribution in [-0.2, 0) is 0 Å². The second-order valence-corrected chi connectivity index (χ2v) is 5.26. The lowest BCUT2D eigenvalue weighted by molar-refractivity contribution is -0.904. The van der Waals surface area contributed by atoms with Gasteiger partial charge in [0.2, 0.25) is 0 Å². The molecule has 0 unspecified atom stereocenters. The van der Waals surface area contributed by atoms with Gasteiger partial charge in [0.1, 0.15) is 18.9 Å². The van der Waals surface area contributed by atoms with Gasteiger partial charge in [0.25, 0.3) is 0 Å². The molecule has 0 saturated carbocycles. The summed E-state index contributed by atoms with van der Waals surface area (Å²) in [6, 6.07) is 5.80. The number of piperidine rings is 1. The van der Waals surface area contributed by atoms with E-state index < -0.39 is 0 Å². The molecule has 1 aromatic carbocycles. The van der Waals surface area contributed by atoms with Crippen LogP contribution in [0.1, 0.15) is 24.8 Å². The number of hydrogen-bond acceptors (Lipinski definition) is 1. The zero-order valence-corrected chi connectivity index (χ0v) is 11.2. The molecule has 0 atom stereocenters. The van der Waals surface area contributed by atoms with Crippen LogP contribution < -0.4 is 9.64 Å². The molecule has 1 heterocycles. The van der Waals surface area contributed by atoms with Crippen LogP contribution in [0.3, 0.4) is 0 Å². The van der Waals surface area contributed by atoms with Crippen LogP contribution in [0.2, 0.25) is 5.02 Å². The number of benzene rings is 1. The summed E-state index contributed by atoms with van der Waals surface area (Å²) < 4.78 is 5.82. The van der Waals surface area contributed by atoms with Crippen molar-refractivity contribution >= 4 is 11.6 Å². The third-order valence-electron chi connectivity index (χ3n) is 3.41. The first-order valence-electron chi connectivity index (χ1n) is 6.48. The molecule has 1 N–H and O–H groups in total. The lowest BCUT2D eigenvalue weighted by Gasteiger charge is -2.23. The van der Waals surface area contributed by atoms with E-state index in [9.17, 15) is 0 Å². The van der Waals surface area contributed by atoms with Crippen molar-refractivity contribution in [3.8, 4) is 5.75 Å². The highest BCUT2D eigenvalue weighted by atomic mass is 35.5. The van der Waals surface area contributed by atoms with Crippen molar-refractivity contribution < 1.29 is 9.64 Å². The highest BCUT2D eigenvalue weighted by Crippen LogP contribution is 2.21. The van der Waals surface area contributed by atoms with Crippen molar-refractivity contribution in [1.82, 2.24) is 0 Å². The number of aryl methyl sites for hydroxylation is 1. The molecule has 0 radical (unpaired) electrons. The predicted molar refractivity (Wildman–Crippen MR) is 71.1 cm³/mol. The van der Waals surface area contributed by atoms with Crippen molar-refractivity contribution in [3.05, 3.63) is 28.8 Å². The Hall–Kier alpha value is -0.730. The minimum absolute atomic E-state index is 0.775. The number of ether oxygens (including phenoxy) is 1. The maximum atomic E-state index is 5.91. The van der Waals surface area contributed by atoms with E-state index in [2.05, 4.69) is 0 Å². The summed E-state index contributed by atoms with van der Waals surface area (Å²) in [7, 11) is 0. The standard InChI is InChI=1S/C14H20ClNO/c1-12-11-13(15)5-6-14(12)17-10-9-16-7-3-2-4-8-16/h5-6,11H,2-4,7-10H2,1H3/p+1. The first kappa shape index (κ1) is 12.7. The summed E-state index contributed by atoms with van der Waals surface area (Å²) in [5.41, 5.74) is 1.12. The highest BCUT2D eigenvalue weighted by molar-refractivity contribution is 6.30. The fourth-order valence-electron chi connectivity index (χ4n) is 2.38. The maximum Gasteiger partial charge on any atom is 0.137 e. The SMILES string of the molecule is Cc1cc(Cl)ccc1OCC[NH+]1CCCCC1. The number of halogens is 1. The summed E-state index contributed by atoms with van der Waals surface area (Å²) in [6.07, 6.45) is 4.14. The number of quaternary nitrogens is 1. The van der Waals surface area contributed by atoms with Gasteiger partial charge in [0, 0.05) is 5.02 Å². The average molecular weight is 255 g/mol. The Balaban J connectivity index is 1.77. The normalized spacial score (nSPS) is 17.1.